The van der Waals surface area contributed by atoms with Crippen molar-refractivity contribution in [1.82, 2.24) is 5.32 Å². The number of hydrogen-bond acceptors (Lipinski definition) is 5. The predicted molar refractivity (Wildman–Crippen MR) is 94.8 cm³/mol. The number of benzene rings is 1. The van der Waals surface area contributed by atoms with E-state index in [-0.39, 0.29) is 24.8 Å². The molecule has 0 saturated heterocycles. The molecule has 2 rings (SSSR count). The van der Waals surface area contributed by atoms with Gasteiger partial charge in [-0.05, 0) is 29.6 Å². The largest absolute Gasteiger partial charge is 0.351 e. The molecule has 0 atom stereocenters. The molecule has 0 radical (unpaired) electrons. The van der Waals surface area contributed by atoms with Crippen molar-refractivity contribution in [2.75, 3.05) is 22.8 Å². The van der Waals surface area contributed by atoms with Crippen molar-refractivity contribution in [2.24, 2.45) is 0 Å². The topological polar surface area (TPSA) is 104 Å². The van der Waals surface area contributed by atoms with Crippen LogP contribution in [0, 0.1) is 0 Å². The molecule has 0 saturated carbocycles. The monoisotopic (exact) mass is 367 g/mol. The maximum Gasteiger partial charge on any atom is 0.252 e. The molecule has 1 heterocycles. The van der Waals surface area contributed by atoms with Crippen LogP contribution in [0.4, 0.5) is 11.4 Å². The van der Waals surface area contributed by atoms with Gasteiger partial charge in [-0.1, -0.05) is 6.07 Å². The zero-order valence-corrected chi connectivity index (χ0v) is 14.5. The van der Waals surface area contributed by atoms with Gasteiger partial charge in [-0.25, -0.2) is 8.42 Å². The number of thiophene rings is 1. The Morgan fingerprint density at radius 3 is 2.58 bits per heavy atom. The highest BCUT2D eigenvalue weighted by molar-refractivity contribution is 7.92. The minimum Gasteiger partial charge on any atom is -0.351 e. The predicted octanol–water partition coefficient (Wildman–Crippen LogP) is 1.88. The average Bonchev–Trinajstić information content (AvgIpc) is 2.99. The molecule has 1 aromatic carbocycles. The maximum atomic E-state index is 11.9. The first kappa shape index (κ1) is 18.0. The van der Waals surface area contributed by atoms with Gasteiger partial charge in [-0.3, -0.25) is 14.3 Å². The van der Waals surface area contributed by atoms with Crippen LogP contribution < -0.4 is 15.4 Å². The Kier molecular flexibility index (Phi) is 5.93. The summed E-state index contributed by atoms with van der Waals surface area (Å²) in [5.41, 5.74) is 1.40. The molecule has 0 bridgehead atoms. The van der Waals surface area contributed by atoms with Crippen LogP contribution in [0.2, 0.25) is 0 Å². The summed E-state index contributed by atoms with van der Waals surface area (Å²) in [6.07, 6.45) is 1.16. The van der Waals surface area contributed by atoms with Crippen LogP contribution in [0.25, 0.3) is 0 Å². The van der Waals surface area contributed by atoms with E-state index in [1.165, 1.54) is 17.4 Å². The number of sulfonamides is 1. The highest BCUT2D eigenvalue weighted by atomic mass is 32.2. The number of nitrogens with one attached hydrogen (secondary N) is 3. The third-order valence-corrected chi connectivity index (χ3v) is 4.16. The molecule has 7 nitrogen and oxygen atoms in total. The quantitative estimate of drug-likeness (QED) is 0.695. The van der Waals surface area contributed by atoms with Crippen LogP contribution >= 0.6 is 11.3 Å². The van der Waals surface area contributed by atoms with Crippen molar-refractivity contribution in [1.29, 1.82) is 0 Å². The highest BCUT2D eigenvalue weighted by Gasteiger charge is 2.08. The van der Waals surface area contributed by atoms with Crippen LogP contribution in [0.1, 0.15) is 16.8 Å². The van der Waals surface area contributed by atoms with Crippen molar-refractivity contribution in [2.45, 2.75) is 6.42 Å². The molecule has 0 aliphatic carbocycles. The molecular weight excluding hydrogens is 350 g/mol. The van der Waals surface area contributed by atoms with E-state index in [1.807, 2.05) is 0 Å². The molecule has 128 valence electrons. The normalized spacial score (nSPS) is 10.9. The lowest BCUT2D eigenvalue weighted by Crippen LogP contribution is -2.27. The summed E-state index contributed by atoms with van der Waals surface area (Å²) in [7, 11) is -3.38. The fourth-order valence-electron chi connectivity index (χ4n) is 1.88. The van der Waals surface area contributed by atoms with E-state index in [9.17, 15) is 18.0 Å². The Morgan fingerprint density at radius 2 is 1.92 bits per heavy atom. The van der Waals surface area contributed by atoms with Gasteiger partial charge in [-0.2, -0.15) is 11.3 Å². The number of carbonyl (C=O) groups is 2. The summed E-state index contributed by atoms with van der Waals surface area (Å²) in [6.45, 7) is 0.210. The number of carbonyl (C=O) groups excluding carboxylic acids is 2. The molecule has 0 aliphatic rings. The van der Waals surface area contributed by atoms with Crippen molar-refractivity contribution in [3.05, 3.63) is 46.7 Å². The van der Waals surface area contributed by atoms with E-state index < -0.39 is 10.0 Å². The Morgan fingerprint density at radius 1 is 1.17 bits per heavy atom. The standard InChI is InChI=1S/C15H17N3O4S2/c1-24(21,22)18-13-4-2-3-12(9-13)17-14(19)5-7-16-15(20)11-6-8-23-10-11/h2-4,6,8-10,18H,5,7H2,1H3,(H,16,20)(H,17,19). The molecule has 0 fully saturated rings. The molecule has 24 heavy (non-hydrogen) atoms. The van der Waals surface area contributed by atoms with E-state index in [2.05, 4.69) is 15.4 Å². The van der Waals surface area contributed by atoms with E-state index in [4.69, 9.17) is 0 Å². The van der Waals surface area contributed by atoms with Gasteiger partial charge in [0.25, 0.3) is 5.91 Å². The van der Waals surface area contributed by atoms with Crippen molar-refractivity contribution in [3.8, 4) is 0 Å². The lowest BCUT2D eigenvalue weighted by Gasteiger charge is -2.09. The number of hydrogen-bond donors (Lipinski definition) is 3. The van der Waals surface area contributed by atoms with Crippen molar-refractivity contribution >= 4 is 44.5 Å². The molecule has 2 amide bonds. The van der Waals surface area contributed by atoms with Crippen molar-refractivity contribution < 1.29 is 18.0 Å². The second-order valence-corrected chi connectivity index (χ2v) is 7.55. The second kappa shape index (κ2) is 7.93. The van der Waals surface area contributed by atoms with Gasteiger partial charge in [0.15, 0.2) is 0 Å². The molecule has 2 aromatic rings. The van der Waals surface area contributed by atoms with Gasteiger partial charge in [0.2, 0.25) is 15.9 Å². The Bertz CT molecular complexity index is 817. The minimum atomic E-state index is -3.38. The lowest BCUT2D eigenvalue weighted by molar-refractivity contribution is -0.116. The van der Waals surface area contributed by atoms with Gasteiger partial charge in [0, 0.05) is 29.6 Å². The number of anilines is 2. The summed E-state index contributed by atoms with van der Waals surface area (Å²) in [6, 6.07) is 8.08. The highest BCUT2D eigenvalue weighted by Crippen LogP contribution is 2.16. The SMILES string of the molecule is CS(=O)(=O)Nc1cccc(NC(=O)CCNC(=O)c2ccsc2)c1. The van der Waals surface area contributed by atoms with Crippen LogP contribution in [0.5, 0.6) is 0 Å². The molecule has 0 spiro atoms. The zero-order chi connectivity index (χ0) is 17.6. The summed E-state index contributed by atoms with van der Waals surface area (Å²) in [5, 5.41) is 8.85. The van der Waals surface area contributed by atoms with E-state index in [0.29, 0.717) is 16.9 Å². The minimum absolute atomic E-state index is 0.111. The molecule has 3 N–H and O–H groups in total. The Labute approximate surface area is 144 Å². The first-order chi connectivity index (χ1) is 11.3. The first-order valence-corrected chi connectivity index (χ1v) is 9.85. The lowest BCUT2D eigenvalue weighted by atomic mass is 10.2. The molecule has 1 aromatic heterocycles. The Hall–Kier alpha value is -2.39. The molecule has 0 unspecified atom stereocenters. The van der Waals surface area contributed by atoms with Gasteiger partial charge in [-0.15, -0.1) is 0 Å². The first-order valence-electron chi connectivity index (χ1n) is 7.01. The van der Waals surface area contributed by atoms with Gasteiger partial charge >= 0.3 is 0 Å². The summed E-state index contributed by atoms with van der Waals surface area (Å²) >= 11 is 1.43. The summed E-state index contributed by atoms with van der Waals surface area (Å²) in [5.74, 6) is -0.500. The zero-order valence-electron chi connectivity index (χ0n) is 12.9. The van der Waals surface area contributed by atoms with Crippen LogP contribution in [0.15, 0.2) is 41.1 Å². The maximum absolute atomic E-state index is 11.9. The third kappa shape index (κ3) is 6.01. The summed E-state index contributed by atoms with van der Waals surface area (Å²) < 4.78 is 24.7. The molecule has 9 heteroatoms. The van der Waals surface area contributed by atoms with Gasteiger partial charge in [0.05, 0.1) is 11.9 Å². The van der Waals surface area contributed by atoms with Gasteiger partial charge in [0.1, 0.15) is 0 Å². The summed E-state index contributed by atoms with van der Waals surface area (Å²) in [4.78, 5) is 23.6. The van der Waals surface area contributed by atoms with Crippen LogP contribution in [0.3, 0.4) is 0 Å². The van der Waals surface area contributed by atoms with E-state index in [1.54, 1.807) is 35.0 Å². The Balaban J connectivity index is 1.82. The fourth-order valence-corrected chi connectivity index (χ4v) is 3.07. The smallest absolute Gasteiger partial charge is 0.252 e. The molecular formula is C15H17N3O4S2. The molecule has 0 aliphatic heterocycles. The van der Waals surface area contributed by atoms with Crippen LogP contribution in [-0.4, -0.2) is 33.0 Å². The van der Waals surface area contributed by atoms with Crippen molar-refractivity contribution in [3.63, 3.8) is 0 Å². The number of rotatable bonds is 7. The van der Waals surface area contributed by atoms with E-state index in [0.717, 1.165) is 6.26 Å². The fraction of sp³-hybridized carbons (Fsp3) is 0.200. The third-order valence-electron chi connectivity index (χ3n) is 2.87. The van der Waals surface area contributed by atoms with Crippen LogP contribution in [-0.2, 0) is 14.8 Å². The van der Waals surface area contributed by atoms with E-state index >= 15 is 0 Å². The van der Waals surface area contributed by atoms with Gasteiger partial charge < -0.3 is 10.6 Å². The average molecular weight is 367 g/mol. The second-order valence-electron chi connectivity index (χ2n) is 5.02. The number of amides is 2.